The molecule has 166 valence electrons. The molecule has 1 aliphatic heterocycles. The van der Waals surface area contributed by atoms with E-state index in [1.165, 1.54) is 12.4 Å². The van der Waals surface area contributed by atoms with Crippen LogP contribution in [0.25, 0.3) is 11.4 Å². The highest BCUT2D eigenvalue weighted by Crippen LogP contribution is 2.20. The Morgan fingerprint density at radius 2 is 2.00 bits per heavy atom. The molecule has 32 heavy (non-hydrogen) atoms. The SMILES string of the molecule is Cc1nc(N2CCOCC2)[nH]c(=O)c1CCC(=O)Nc1cnc(-c2cccc(O)c2)nc1. The molecule has 3 N–H and O–H groups in total. The van der Waals surface area contributed by atoms with Gasteiger partial charge in [-0.3, -0.25) is 14.6 Å². The summed E-state index contributed by atoms with van der Waals surface area (Å²) in [5.74, 6) is 0.844. The highest BCUT2D eigenvalue weighted by Gasteiger charge is 2.17. The molecule has 0 saturated carbocycles. The fourth-order valence-electron chi connectivity index (χ4n) is 3.46. The zero-order valence-corrected chi connectivity index (χ0v) is 17.7. The van der Waals surface area contributed by atoms with Gasteiger partial charge in [0, 0.05) is 36.3 Å². The third-order valence-electron chi connectivity index (χ3n) is 5.16. The second-order valence-electron chi connectivity index (χ2n) is 7.45. The Balaban J connectivity index is 1.36. The van der Waals surface area contributed by atoms with Crippen LogP contribution in [0.1, 0.15) is 17.7 Å². The number of anilines is 2. The maximum Gasteiger partial charge on any atom is 0.255 e. The van der Waals surface area contributed by atoms with E-state index in [0.29, 0.717) is 60.6 Å². The zero-order chi connectivity index (χ0) is 22.5. The summed E-state index contributed by atoms with van der Waals surface area (Å²) in [5.41, 5.74) is 2.00. The van der Waals surface area contributed by atoms with Crippen molar-refractivity contribution in [2.45, 2.75) is 19.8 Å². The molecular weight excluding hydrogens is 412 g/mol. The van der Waals surface area contributed by atoms with E-state index in [2.05, 4.69) is 25.3 Å². The van der Waals surface area contributed by atoms with Crippen LogP contribution in [0.5, 0.6) is 5.75 Å². The molecule has 0 bridgehead atoms. The summed E-state index contributed by atoms with van der Waals surface area (Å²) in [7, 11) is 0. The van der Waals surface area contributed by atoms with Gasteiger partial charge in [0.25, 0.3) is 5.56 Å². The molecule has 0 radical (unpaired) electrons. The second-order valence-corrected chi connectivity index (χ2v) is 7.45. The summed E-state index contributed by atoms with van der Waals surface area (Å²) in [6.45, 7) is 4.33. The monoisotopic (exact) mass is 436 g/mol. The number of aromatic hydroxyl groups is 1. The minimum absolute atomic E-state index is 0.122. The molecule has 3 heterocycles. The fraction of sp³-hybridized carbons (Fsp3) is 0.318. The zero-order valence-electron chi connectivity index (χ0n) is 17.7. The molecule has 0 atom stereocenters. The van der Waals surface area contributed by atoms with Crippen LogP contribution in [0.3, 0.4) is 0 Å². The van der Waals surface area contributed by atoms with Gasteiger partial charge in [-0.05, 0) is 25.5 Å². The van der Waals surface area contributed by atoms with Gasteiger partial charge in [-0.15, -0.1) is 0 Å². The van der Waals surface area contributed by atoms with Gasteiger partial charge in [0.15, 0.2) is 5.82 Å². The summed E-state index contributed by atoms with van der Waals surface area (Å²) in [6, 6.07) is 6.61. The van der Waals surface area contributed by atoms with E-state index in [-0.39, 0.29) is 30.1 Å². The summed E-state index contributed by atoms with van der Waals surface area (Å²) in [4.78, 5) is 42.7. The molecule has 3 aromatic rings. The molecule has 4 rings (SSSR count). The van der Waals surface area contributed by atoms with Gasteiger partial charge in [-0.1, -0.05) is 12.1 Å². The molecule has 1 amide bonds. The van der Waals surface area contributed by atoms with E-state index in [4.69, 9.17) is 4.74 Å². The lowest BCUT2D eigenvalue weighted by molar-refractivity contribution is -0.116. The van der Waals surface area contributed by atoms with Crippen LogP contribution >= 0.6 is 0 Å². The molecule has 1 fully saturated rings. The van der Waals surface area contributed by atoms with E-state index >= 15 is 0 Å². The second kappa shape index (κ2) is 9.56. The predicted molar refractivity (Wildman–Crippen MR) is 119 cm³/mol. The summed E-state index contributed by atoms with van der Waals surface area (Å²) >= 11 is 0. The summed E-state index contributed by atoms with van der Waals surface area (Å²) in [5, 5.41) is 12.3. The van der Waals surface area contributed by atoms with E-state index in [0.717, 1.165) is 0 Å². The van der Waals surface area contributed by atoms with Crippen LogP contribution in [-0.4, -0.2) is 57.3 Å². The average molecular weight is 436 g/mol. The first kappa shape index (κ1) is 21.4. The molecule has 0 aliphatic carbocycles. The van der Waals surface area contributed by atoms with Crippen molar-refractivity contribution >= 4 is 17.5 Å². The number of benzene rings is 1. The molecule has 0 spiro atoms. The largest absolute Gasteiger partial charge is 0.508 e. The van der Waals surface area contributed by atoms with Crippen molar-refractivity contribution in [1.29, 1.82) is 0 Å². The van der Waals surface area contributed by atoms with Crippen LogP contribution < -0.4 is 15.8 Å². The Morgan fingerprint density at radius 3 is 2.69 bits per heavy atom. The van der Waals surface area contributed by atoms with Gasteiger partial charge < -0.3 is 20.1 Å². The number of ether oxygens (including phenoxy) is 1. The number of phenolic OH excluding ortho intramolecular Hbond substituents is 1. The molecule has 2 aromatic heterocycles. The number of amides is 1. The van der Waals surface area contributed by atoms with Crippen LogP contribution in [0.4, 0.5) is 11.6 Å². The number of hydrogen-bond acceptors (Lipinski definition) is 8. The summed E-state index contributed by atoms with van der Waals surface area (Å²) in [6.07, 6.45) is 3.39. The Bertz CT molecular complexity index is 1160. The third-order valence-corrected chi connectivity index (χ3v) is 5.16. The number of nitrogens with one attached hydrogen (secondary N) is 2. The topological polar surface area (TPSA) is 133 Å². The first-order valence-electron chi connectivity index (χ1n) is 10.3. The Labute approximate surface area is 184 Å². The smallest absolute Gasteiger partial charge is 0.255 e. The first-order valence-corrected chi connectivity index (χ1v) is 10.3. The highest BCUT2D eigenvalue weighted by atomic mass is 16.5. The number of aromatic amines is 1. The van der Waals surface area contributed by atoms with Crippen molar-refractivity contribution < 1.29 is 14.6 Å². The molecule has 10 nitrogen and oxygen atoms in total. The van der Waals surface area contributed by atoms with Gasteiger partial charge in [-0.25, -0.2) is 15.0 Å². The molecule has 1 aliphatic rings. The Hall–Kier alpha value is -3.79. The van der Waals surface area contributed by atoms with Gasteiger partial charge >= 0.3 is 0 Å². The molecule has 0 unspecified atom stereocenters. The number of H-pyrrole nitrogens is 1. The number of phenols is 1. The maximum absolute atomic E-state index is 12.5. The standard InChI is InChI=1S/C22H24N6O4/c1-14-18(21(31)27-22(25-14)28-7-9-32-10-8-28)5-6-19(30)26-16-12-23-20(24-13-16)15-3-2-4-17(29)11-15/h2-4,11-13,29H,5-10H2,1H3,(H,26,30)(H,25,27,31). The van der Waals surface area contributed by atoms with Gasteiger partial charge in [0.2, 0.25) is 11.9 Å². The van der Waals surface area contributed by atoms with Gasteiger partial charge in [-0.2, -0.15) is 0 Å². The van der Waals surface area contributed by atoms with Crippen molar-refractivity contribution in [2.24, 2.45) is 0 Å². The number of carbonyl (C=O) groups is 1. The number of aryl methyl sites for hydroxylation is 1. The maximum atomic E-state index is 12.5. The van der Waals surface area contributed by atoms with Crippen molar-refractivity contribution in [1.82, 2.24) is 19.9 Å². The number of hydrogen-bond donors (Lipinski definition) is 3. The highest BCUT2D eigenvalue weighted by molar-refractivity contribution is 5.90. The Kier molecular flexibility index (Phi) is 6.41. The minimum Gasteiger partial charge on any atom is -0.508 e. The normalized spacial score (nSPS) is 13.7. The van der Waals surface area contributed by atoms with Crippen LogP contribution in [0.2, 0.25) is 0 Å². The quantitative estimate of drug-likeness (QED) is 0.531. The van der Waals surface area contributed by atoms with Gasteiger partial charge in [0.1, 0.15) is 5.75 Å². The average Bonchev–Trinajstić information content (AvgIpc) is 2.79. The van der Waals surface area contributed by atoms with E-state index in [9.17, 15) is 14.7 Å². The van der Waals surface area contributed by atoms with E-state index < -0.39 is 0 Å². The molecular formula is C22H24N6O4. The molecule has 1 saturated heterocycles. The predicted octanol–water partition coefficient (Wildman–Crippen LogP) is 1.65. The fourth-order valence-corrected chi connectivity index (χ4v) is 3.46. The van der Waals surface area contributed by atoms with E-state index in [1.807, 2.05) is 4.90 Å². The van der Waals surface area contributed by atoms with Crippen molar-refractivity contribution in [3.05, 3.63) is 58.3 Å². The Morgan fingerprint density at radius 1 is 1.25 bits per heavy atom. The number of carbonyl (C=O) groups excluding carboxylic acids is 1. The van der Waals surface area contributed by atoms with Crippen LogP contribution in [0.15, 0.2) is 41.5 Å². The first-order chi connectivity index (χ1) is 15.5. The van der Waals surface area contributed by atoms with Crippen molar-refractivity contribution in [3.8, 4) is 17.1 Å². The number of aromatic nitrogens is 4. The van der Waals surface area contributed by atoms with Crippen molar-refractivity contribution in [3.63, 3.8) is 0 Å². The number of morpholine rings is 1. The third kappa shape index (κ3) is 5.09. The van der Waals surface area contributed by atoms with Gasteiger partial charge in [0.05, 0.1) is 31.3 Å². The number of nitrogens with zero attached hydrogens (tertiary/aromatic N) is 4. The molecule has 1 aromatic carbocycles. The number of rotatable bonds is 6. The van der Waals surface area contributed by atoms with Crippen LogP contribution in [-0.2, 0) is 16.0 Å². The summed E-state index contributed by atoms with van der Waals surface area (Å²) < 4.78 is 5.33. The van der Waals surface area contributed by atoms with Crippen LogP contribution in [0, 0.1) is 6.92 Å². The van der Waals surface area contributed by atoms with Crippen molar-refractivity contribution in [2.75, 3.05) is 36.5 Å². The van der Waals surface area contributed by atoms with E-state index in [1.54, 1.807) is 31.2 Å². The minimum atomic E-state index is -0.255. The lowest BCUT2D eigenvalue weighted by Gasteiger charge is -2.27. The lowest BCUT2D eigenvalue weighted by Crippen LogP contribution is -2.38. The molecule has 10 heteroatoms. The lowest BCUT2D eigenvalue weighted by atomic mass is 10.1.